The Morgan fingerprint density at radius 2 is 1.73 bits per heavy atom. The second-order valence-electron chi connectivity index (χ2n) is 7.70. The van der Waals surface area contributed by atoms with Gasteiger partial charge in [0.25, 0.3) is 5.56 Å². The second-order valence-corrected chi connectivity index (χ2v) is 8.73. The van der Waals surface area contributed by atoms with Gasteiger partial charge >= 0.3 is 0 Å². The van der Waals surface area contributed by atoms with Crippen LogP contribution in [0.2, 0.25) is 0 Å². The number of rotatable bonds is 5. The summed E-state index contributed by atoms with van der Waals surface area (Å²) in [5.41, 5.74) is 5.01. The van der Waals surface area contributed by atoms with Crippen LogP contribution in [0, 0.1) is 6.92 Å². The van der Waals surface area contributed by atoms with Gasteiger partial charge in [-0.2, -0.15) is 5.10 Å². The number of hydrogen-bond acceptors (Lipinski definition) is 5. The molecule has 3 aromatic carbocycles. The zero-order chi connectivity index (χ0) is 22.8. The molecule has 1 N–H and O–H groups in total. The molecule has 5 aromatic rings. The van der Waals surface area contributed by atoms with Crippen molar-refractivity contribution in [3.63, 3.8) is 0 Å². The topological polar surface area (TPSA) is 76.9 Å². The second kappa shape index (κ2) is 8.80. The van der Waals surface area contributed by atoms with Gasteiger partial charge in [-0.15, -0.1) is 11.3 Å². The summed E-state index contributed by atoms with van der Waals surface area (Å²) < 4.78 is 2.33. The molecule has 2 heterocycles. The molecule has 0 saturated carbocycles. The predicted molar refractivity (Wildman–Crippen MR) is 132 cm³/mol. The van der Waals surface area contributed by atoms with Crippen molar-refractivity contribution >= 4 is 33.1 Å². The van der Waals surface area contributed by atoms with Crippen molar-refractivity contribution in [1.29, 1.82) is 0 Å². The molecule has 0 radical (unpaired) electrons. The van der Waals surface area contributed by atoms with Crippen molar-refractivity contribution < 1.29 is 4.79 Å². The maximum absolute atomic E-state index is 12.6. The van der Waals surface area contributed by atoms with Crippen molar-refractivity contribution in [1.82, 2.24) is 14.8 Å². The van der Waals surface area contributed by atoms with Gasteiger partial charge in [0.05, 0.1) is 15.9 Å². The average molecular weight is 453 g/mol. The molecular formula is C26H20N4O2S. The lowest BCUT2D eigenvalue weighted by atomic mass is 10.1. The van der Waals surface area contributed by atoms with Gasteiger partial charge in [0.1, 0.15) is 11.6 Å². The fourth-order valence-corrected chi connectivity index (χ4v) is 4.58. The van der Waals surface area contributed by atoms with Gasteiger partial charge in [-0.1, -0.05) is 36.4 Å². The minimum absolute atomic E-state index is 0.168. The summed E-state index contributed by atoms with van der Waals surface area (Å²) in [6.07, 6.45) is 0. The van der Waals surface area contributed by atoms with Gasteiger partial charge in [0, 0.05) is 22.9 Å². The highest BCUT2D eigenvalue weighted by Gasteiger charge is 2.10. The summed E-state index contributed by atoms with van der Waals surface area (Å²) in [5.74, 6) is -0.321. The summed E-state index contributed by atoms with van der Waals surface area (Å²) in [4.78, 5) is 29.5. The van der Waals surface area contributed by atoms with Gasteiger partial charge in [0.2, 0.25) is 5.91 Å². The number of nitrogens with zero attached hydrogens (tertiary/aromatic N) is 3. The van der Waals surface area contributed by atoms with Gasteiger partial charge < -0.3 is 5.32 Å². The van der Waals surface area contributed by atoms with Crippen LogP contribution in [0.5, 0.6) is 0 Å². The number of thiazole rings is 1. The SMILES string of the molecule is Cc1ccc2nc(-c3ccc(NC(=O)Cn4nc(-c5ccccc5)ccc4=O)cc3)sc2c1. The average Bonchev–Trinajstić information content (AvgIpc) is 3.25. The van der Waals surface area contributed by atoms with Crippen LogP contribution in [-0.2, 0) is 11.3 Å². The molecule has 6 nitrogen and oxygen atoms in total. The molecule has 0 spiro atoms. The quantitative estimate of drug-likeness (QED) is 0.401. The number of aryl methyl sites for hydroxylation is 1. The first-order chi connectivity index (χ1) is 16.0. The summed E-state index contributed by atoms with van der Waals surface area (Å²) in [6.45, 7) is 1.90. The van der Waals surface area contributed by atoms with Gasteiger partial charge in [0.15, 0.2) is 0 Å². The van der Waals surface area contributed by atoms with E-state index >= 15 is 0 Å². The van der Waals surface area contributed by atoms with Crippen LogP contribution in [-0.4, -0.2) is 20.7 Å². The molecular weight excluding hydrogens is 432 g/mol. The zero-order valence-electron chi connectivity index (χ0n) is 17.9. The summed E-state index contributed by atoms with van der Waals surface area (Å²) in [7, 11) is 0. The summed E-state index contributed by atoms with van der Waals surface area (Å²) in [6, 6.07) is 26.4. The largest absolute Gasteiger partial charge is 0.324 e. The van der Waals surface area contributed by atoms with E-state index in [-0.39, 0.29) is 18.0 Å². The van der Waals surface area contributed by atoms with E-state index in [0.29, 0.717) is 11.4 Å². The lowest BCUT2D eigenvalue weighted by molar-refractivity contribution is -0.117. The van der Waals surface area contributed by atoms with Crippen LogP contribution in [0.3, 0.4) is 0 Å². The number of hydrogen-bond donors (Lipinski definition) is 1. The van der Waals surface area contributed by atoms with Gasteiger partial charge in [-0.25, -0.2) is 9.67 Å². The van der Waals surface area contributed by atoms with E-state index in [9.17, 15) is 9.59 Å². The fourth-order valence-electron chi connectivity index (χ4n) is 3.51. The number of benzene rings is 3. The molecule has 162 valence electrons. The van der Waals surface area contributed by atoms with E-state index in [2.05, 4.69) is 29.5 Å². The Bertz CT molecular complexity index is 1510. The molecule has 0 aliphatic rings. The van der Waals surface area contributed by atoms with Crippen LogP contribution in [0.25, 0.3) is 32.0 Å². The predicted octanol–water partition coefficient (Wildman–Crippen LogP) is 5.13. The van der Waals surface area contributed by atoms with Crippen LogP contribution in [0.15, 0.2) is 89.7 Å². The standard InChI is InChI=1S/C26H20N4O2S/c1-17-7-12-22-23(15-17)33-26(28-22)19-8-10-20(11-9-19)27-24(31)16-30-25(32)14-13-21(29-30)18-5-3-2-4-6-18/h2-15H,16H2,1H3,(H,27,31). The molecule has 2 aromatic heterocycles. The third-order valence-electron chi connectivity index (χ3n) is 5.19. The molecule has 0 aliphatic carbocycles. The lowest BCUT2D eigenvalue weighted by Crippen LogP contribution is -2.29. The molecule has 0 fully saturated rings. The third-order valence-corrected chi connectivity index (χ3v) is 6.26. The maximum atomic E-state index is 12.6. The molecule has 33 heavy (non-hydrogen) atoms. The highest BCUT2D eigenvalue weighted by atomic mass is 32.1. The fraction of sp³-hybridized carbons (Fsp3) is 0.0769. The number of aromatic nitrogens is 3. The molecule has 0 unspecified atom stereocenters. The van der Waals surface area contributed by atoms with Crippen molar-refractivity contribution in [2.24, 2.45) is 0 Å². The summed E-state index contributed by atoms with van der Waals surface area (Å²) in [5, 5.41) is 8.11. The highest BCUT2D eigenvalue weighted by Crippen LogP contribution is 2.31. The summed E-state index contributed by atoms with van der Waals surface area (Å²) >= 11 is 1.64. The Balaban J connectivity index is 1.30. The maximum Gasteiger partial charge on any atom is 0.267 e. The Kier molecular flexibility index (Phi) is 5.54. The van der Waals surface area contributed by atoms with E-state index in [1.165, 1.54) is 16.3 Å². The Labute approximate surface area is 194 Å². The number of fused-ring (bicyclic) bond motifs is 1. The first kappa shape index (κ1) is 20.8. The zero-order valence-corrected chi connectivity index (χ0v) is 18.7. The van der Waals surface area contributed by atoms with E-state index in [0.717, 1.165) is 26.4 Å². The van der Waals surface area contributed by atoms with E-state index < -0.39 is 0 Å². The molecule has 0 aliphatic heterocycles. The molecule has 0 bridgehead atoms. The first-order valence-corrected chi connectivity index (χ1v) is 11.3. The van der Waals surface area contributed by atoms with E-state index in [4.69, 9.17) is 4.98 Å². The van der Waals surface area contributed by atoms with E-state index in [1.54, 1.807) is 17.4 Å². The van der Waals surface area contributed by atoms with Crippen LogP contribution in [0.4, 0.5) is 5.69 Å². The third kappa shape index (κ3) is 4.58. The Morgan fingerprint density at radius 3 is 2.52 bits per heavy atom. The van der Waals surface area contributed by atoms with Crippen molar-refractivity contribution in [2.45, 2.75) is 13.5 Å². The minimum atomic E-state index is -0.328. The van der Waals surface area contributed by atoms with Crippen molar-refractivity contribution in [3.8, 4) is 21.8 Å². The van der Waals surface area contributed by atoms with Crippen molar-refractivity contribution in [2.75, 3.05) is 5.32 Å². The van der Waals surface area contributed by atoms with Gasteiger partial charge in [-0.3, -0.25) is 9.59 Å². The van der Waals surface area contributed by atoms with E-state index in [1.807, 2.05) is 60.7 Å². The molecule has 0 saturated heterocycles. The van der Waals surface area contributed by atoms with Crippen LogP contribution >= 0.6 is 11.3 Å². The number of amides is 1. The first-order valence-electron chi connectivity index (χ1n) is 10.5. The highest BCUT2D eigenvalue weighted by molar-refractivity contribution is 7.21. The molecule has 0 atom stereocenters. The Hall–Kier alpha value is -4.10. The normalized spacial score (nSPS) is 10.9. The molecule has 5 rings (SSSR count). The number of carbonyl (C=O) groups is 1. The minimum Gasteiger partial charge on any atom is -0.324 e. The number of carbonyl (C=O) groups excluding carboxylic acids is 1. The van der Waals surface area contributed by atoms with Crippen LogP contribution < -0.4 is 10.9 Å². The lowest BCUT2D eigenvalue weighted by Gasteiger charge is -2.09. The molecule has 7 heteroatoms. The van der Waals surface area contributed by atoms with Crippen molar-refractivity contribution in [3.05, 3.63) is 101 Å². The van der Waals surface area contributed by atoms with Crippen LogP contribution in [0.1, 0.15) is 5.56 Å². The van der Waals surface area contributed by atoms with Gasteiger partial charge in [-0.05, 0) is 55.0 Å². The Morgan fingerprint density at radius 1 is 0.939 bits per heavy atom. The molecule has 1 amide bonds. The smallest absolute Gasteiger partial charge is 0.267 e. The monoisotopic (exact) mass is 452 g/mol. The number of anilines is 1. The number of nitrogens with one attached hydrogen (secondary N) is 1.